The van der Waals surface area contributed by atoms with Crippen molar-refractivity contribution in [3.63, 3.8) is 0 Å². The predicted molar refractivity (Wildman–Crippen MR) is 149 cm³/mol. The number of unbranched alkanes of at least 4 members (excludes halogenated alkanes) is 1. The number of rotatable bonds is 8. The Bertz CT molecular complexity index is 1450. The Kier molecular flexibility index (Phi) is 6.43. The number of benzene rings is 3. The van der Waals surface area contributed by atoms with Crippen LogP contribution in [0, 0.1) is 11.8 Å². The highest BCUT2D eigenvalue weighted by Gasteiger charge is 2.64. The van der Waals surface area contributed by atoms with E-state index in [-0.39, 0.29) is 17.6 Å². The van der Waals surface area contributed by atoms with Gasteiger partial charge in [-0.3, -0.25) is 14.4 Å². The summed E-state index contributed by atoms with van der Waals surface area (Å²) >= 11 is 0. The maximum atomic E-state index is 14.1. The highest BCUT2D eigenvalue weighted by atomic mass is 16.5. The van der Waals surface area contributed by atoms with Crippen LogP contribution in [0.1, 0.15) is 35.7 Å². The van der Waals surface area contributed by atoms with Gasteiger partial charge in [0.1, 0.15) is 17.5 Å². The molecule has 6 rings (SSSR count). The van der Waals surface area contributed by atoms with E-state index in [1.54, 1.807) is 55.6 Å². The molecule has 2 amide bonds. The Hall–Kier alpha value is -4.39. The highest BCUT2D eigenvalue weighted by molar-refractivity contribution is 6.25. The lowest BCUT2D eigenvalue weighted by Crippen LogP contribution is -2.48. The van der Waals surface area contributed by atoms with Crippen LogP contribution < -0.4 is 19.3 Å². The van der Waals surface area contributed by atoms with Crippen LogP contribution in [0.5, 0.6) is 11.5 Å². The largest absolute Gasteiger partial charge is 0.497 e. The molecular formula is C32H30N2O5. The van der Waals surface area contributed by atoms with Crippen LogP contribution in [0.15, 0.2) is 78.9 Å². The van der Waals surface area contributed by atoms with Crippen LogP contribution in [0.3, 0.4) is 0 Å². The monoisotopic (exact) mass is 522 g/mol. The molecule has 0 aromatic heterocycles. The average Bonchev–Trinajstić information content (AvgIpc) is 3.45. The molecule has 2 fully saturated rings. The van der Waals surface area contributed by atoms with Crippen molar-refractivity contribution >= 4 is 35.0 Å². The van der Waals surface area contributed by atoms with Crippen molar-refractivity contribution in [2.45, 2.75) is 31.8 Å². The van der Waals surface area contributed by atoms with Gasteiger partial charge in [-0.05, 0) is 66.6 Å². The van der Waals surface area contributed by atoms with Crippen LogP contribution in [0.4, 0.5) is 11.4 Å². The normalized spacial score (nSPS) is 22.9. The van der Waals surface area contributed by atoms with E-state index < -0.39 is 23.9 Å². The third-order valence-corrected chi connectivity index (χ3v) is 7.92. The van der Waals surface area contributed by atoms with Gasteiger partial charge in [0.05, 0.1) is 37.3 Å². The van der Waals surface area contributed by atoms with Crippen molar-refractivity contribution in [2.24, 2.45) is 11.8 Å². The summed E-state index contributed by atoms with van der Waals surface area (Å²) in [4.78, 5) is 45.3. The maximum Gasteiger partial charge on any atom is 0.240 e. The molecule has 3 heterocycles. The van der Waals surface area contributed by atoms with Gasteiger partial charge in [0, 0.05) is 11.3 Å². The number of carbonyl (C=O) groups is 3. The van der Waals surface area contributed by atoms with Gasteiger partial charge >= 0.3 is 0 Å². The zero-order chi connectivity index (χ0) is 27.1. The number of methoxy groups -OCH3 is 1. The fourth-order valence-electron chi connectivity index (χ4n) is 6.02. The van der Waals surface area contributed by atoms with Gasteiger partial charge in [-0.2, -0.15) is 0 Å². The minimum atomic E-state index is -0.822. The van der Waals surface area contributed by atoms with E-state index in [1.165, 1.54) is 4.90 Å². The summed E-state index contributed by atoms with van der Waals surface area (Å²) in [5, 5.41) is 0. The molecule has 0 N–H and O–H groups in total. The zero-order valence-electron chi connectivity index (χ0n) is 21.9. The molecule has 0 radical (unpaired) electrons. The zero-order valence-corrected chi connectivity index (χ0v) is 21.9. The lowest BCUT2D eigenvalue weighted by Gasteiger charge is -2.36. The van der Waals surface area contributed by atoms with E-state index in [0.29, 0.717) is 29.4 Å². The second-order valence-electron chi connectivity index (χ2n) is 10.1. The molecule has 4 unspecified atom stereocenters. The number of amides is 2. The second kappa shape index (κ2) is 10.1. The van der Waals surface area contributed by atoms with Gasteiger partial charge in [0.25, 0.3) is 0 Å². The van der Waals surface area contributed by atoms with Gasteiger partial charge in [-0.25, -0.2) is 4.90 Å². The summed E-state index contributed by atoms with van der Waals surface area (Å²) in [5.74, 6) is -0.978. The number of ether oxygens (including phenoxy) is 2. The fraction of sp³-hybridized carbons (Fsp3) is 0.281. The first-order chi connectivity index (χ1) is 19.0. The molecule has 4 atom stereocenters. The minimum absolute atomic E-state index is 0.192. The number of anilines is 2. The van der Waals surface area contributed by atoms with Crippen LogP contribution >= 0.6 is 0 Å². The SMILES string of the molecule is CCCCOc1ccc(N2C(=O)C3C(C2=O)C(C(=O)c2ccc(OC)cc2)N2c4ccccc4C=CC32)cc1. The van der Waals surface area contributed by atoms with Crippen LogP contribution in [-0.2, 0) is 9.59 Å². The first kappa shape index (κ1) is 24.9. The molecule has 0 bridgehead atoms. The van der Waals surface area contributed by atoms with Crippen molar-refractivity contribution in [3.05, 3.63) is 90.0 Å². The van der Waals surface area contributed by atoms with Crippen LogP contribution in [0.2, 0.25) is 0 Å². The smallest absolute Gasteiger partial charge is 0.240 e. The third-order valence-electron chi connectivity index (χ3n) is 7.92. The van der Waals surface area contributed by atoms with E-state index in [2.05, 4.69) is 6.92 Å². The molecule has 198 valence electrons. The number of carbonyl (C=O) groups excluding carboxylic acids is 3. The number of imide groups is 1. The van der Waals surface area contributed by atoms with Gasteiger partial charge in [0.2, 0.25) is 11.8 Å². The van der Waals surface area contributed by atoms with E-state index in [4.69, 9.17) is 9.47 Å². The lowest BCUT2D eigenvalue weighted by atomic mass is 9.86. The quantitative estimate of drug-likeness (QED) is 0.232. The Morgan fingerprint density at radius 3 is 2.28 bits per heavy atom. The van der Waals surface area contributed by atoms with Crippen molar-refractivity contribution in [1.82, 2.24) is 0 Å². The van der Waals surface area contributed by atoms with Gasteiger partial charge < -0.3 is 14.4 Å². The van der Waals surface area contributed by atoms with Crippen LogP contribution in [0.25, 0.3) is 6.08 Å². The predicted octanol–water partition coefficient (Wildman–Crippen LogP) is 5.15. The summed E-state index contributed by atoms with van der Waals surface area (Å²) in [6, 6.07) is 20.5. The molecule has 7 heteroatoms. The van der Waals surface area contributed by atoms with Gasteiger partial charge in [-0.15, -0.1) is 0 Å². The molecular weight excluding hydrogens is 492 g/mol. The summed E-state index contributed by atoms with van der Waals surface area (Å²) in [7, 11) is 1.57. The molecule has 0 saturated carbocycles. The summed E-state index contributed by atoms with van der Waals surface area (Å²) in [5.41, 5.74) is 2.77. The molecule has 3 aliphatic rings. The molecule has 3 aromatic carbocycles. The Balaban J connectivity index is 1.38. The Labute approximate surface area is 227 Å². The number of fused-ring (bicyclic) bond motifs is 5. The second-order valence-corrected chi connectivity index (χ2v) is 10.1. The van der Waals surface area contributed by atoms with Crippen LogP contribution in [-0.4, -0.2) is 43.4 Å². The lowest BCUT2D eigenvalue weighted by molar-refractivity contribution is -0.122. The molecule has 7 nitrogen and oxygen atoms in total. The summed E-state index contributed by atoms with van der Waals surface area (Å²) in [6.45, 7) is 2.71. The fourth-order valence-corrected chi connectivity index (χ4v) is 6.02. The van der Waals surface area contributed by atoms with Crippen molar-refractivity contribution in [3.8, 4) is 11.5 Å². The first-order valence-electron chi connectivity index (χ1n) is 13.4. The number of para-hydroxylation sites is 1. The summed E-state index contributed by atoms with van der Waals surface area (Å²) < 4.78 is 11.0. The number of ketones is 1. The van der Waals surface area contributed by atoms with E-state index in [1.807, 2.05) is 41.3 Å². The topological polar surface area (TPSA) is 76.1 Å². The Morgan fingerprint density at radius 1 is 0.872 bits per heavy atom. The van der Waals surface area contributed by atoms with Gasteiger partial charge in [0.15, 0.2) is 5.78 Å². The molecule has 0 aliphatic carbocycles. The number of Topliss-reactive ketones (excluding diaryl/α,β-unsaturated/α-hetero) is 1. The van der Waals surface area contributed by atoms with E-state index >= 15 is 0 Å². The van der Waals surface area contributed by atoms with E-state index in [0.717, 1.165) is 24.1 Å². The molecule has 3 aromatic rings. The maximum absolute atomic E-state index is 14.1. The van der Waals surface area contributed by atoms with Crippen molar-refractivity contribution in [1.29, 1.82) is 0 Å². The van der Waals surface area contributed by atoms with Crippen molar-refractivity contribution < 1.29 is 23.9 Å². The number of hydrogen-bond donors (Lipinski definition) is 0. The first-order valence-corrected chi connectivity index (χ1v) is 13.4. The Morgan fingerprint density at radius 2 is 1.56 bits per heavy atom. The molecule has 0 spiro atoms. The third kappa shape index (κ3) is 4.09. The minimum Gasteiger partial charge on any atom is -0.497 e. The molecule has 2 saturated heterocycles. The number of nitrogens with zero attached hydrogens (tertiary/aromatic N) is 2. The van der Waals surface area contributed by atoms with Gasteiger partial charge in [-0.1, -0.05) is 43.7 Å². The standard InChI is InChI=1S/C32H30N2O5/c1-3-4-19-39-24-16-12-22(13-17-24)33-31(36)27-26-18-11-20-7-5-6-8-25(20)34(26)29(28(27)32(33)37)30(35)21-9-14-23(38-2)15-10-21/h5-18,26-29H,3-4,19H2,1-2H3. The van der Waals surface area contributed by atoms with Crippen molar-refractivity contribution in [2.75, 3.05) is 23.5 Å². The molecule has 39 heavy (non-hydrogen) atoms. The number of hydrogen-bond acceptors (Lipinski definition) is 6. The highest BCUT2D eigenvalue weighted by Crippen LogP contribution is 2.49. The van der Waals surface area contributed by atoms with E-state index in [9.17, 15) is 14.4 Å². The summed E-state index contributed by atoms with van der Waals surface area (Å²) in [6.07, 6.45) is 5.93. The molecule has 3 aliphatic heterocycles. The average molecular weight is 523 g/mol.